The van der Waals surface area contributed by atoms with Gasteiger partial charge in [0.1, 0.15) is 18.2 Å². The molecule has 1 amide bonds. The van der Waals surface area contributed by atoms with E-state index < -0.39 is 0 Å². The molecule has 0 aliphatic carbocycles. The van der Waals surface area contributed by atoms with Gasteiger partial charge in [0.15, 0.2) is 0 Å². The summed E-state index contributed by atoms with van der Waals surface area (Å²) < 4.78 is 18.8. The molecular formula is C19H22ClFN2O2. The standard InChI is InChI=1S/C19H22ClFN2O2/c1-2-23(13-15-4-3-5-17(21)12-15)14-19(24)22-10-11-25-18-8-6-16(20)7-9-18/h3-9,12H,2,10-11,13-14H2,1H3,(H,22,24). The number of halogens is 2. The summed E-state index contributed by atoms with van der Waals surface area (Å²) in [4.78, 5) is 14.0. The molecule has 0 spiro atoms. The molecule has 4 nitrogen and oxygen atoms in total. The van der Waals surface area contributed by atoms with Gasteiger partial charge in [-0.05, 0) is 48.5 Å². The molecule has 0 bridgehead atoms. The number of amides is 1. The summed E-state index contributed by atoms with van der Waals surface area (Å²) >= 11 is 5.81. The van der Waals surface area contributed by atoms with Gasteiger partial charge in [-0.25, -0.2) is 4.39 Å². The van der Waals surface area contributed by atoms with Gasteiger partial charge in [0.2, 0.25) is 5.91 Å². The molecule has 1 N–H and O–H groups in total. The van der Waals surface area contributed by atoms with Crippen LogP contribution >= 0.6 is 11.6 Å². The molecule has 0 heterocycles. The highest BCUT2D eigenvalue weighted by Crippen LogP contribution is 2.15. The van der Waals surface area contributed by atoms with Crippen molar-refractivity contribution in [3.8, 4) is 5.75 Å². The van der Waals surface area contributed by atoms with Crippen LogP contribution in [0.5, 0.6) is 5.75 Å². The zero-order valence-electron chi connectivity index (χ0n) is 14.2. The third-order valence-electron chi connectivity index (χ3n) is 3.62. The molecule has 0 saturated heterocycles. The van der Waals surface area contributed by atoms with Crippen LogP contribution in [0.2, 0.25) is 5.02 Å². The van der Waals surface area contributed by atoms with Crippen molar-refractivity contribution in [2.45, 2.75) is 13.5 Å². The van der Waals surface area contributed by atoms with E-state index in [1.54, 1.807) is 30.3 Å². The Hall–Kier alpha value is -2.11. The van der Waals surface area contributed by atoms with Gasteiger partial charge in [0.25, 0.3) is 0 Å². The fraction of sp³-hybridized carbons (Fsp3) is 0.316. The van der Waals surface area contributed by atoms with E-state index in [0.717, 1.165) is 5.56 Å². The normalized spacial score (nSPS) is 10.7. The SMILES string of the molecule is CCN(CC(=O)NCCOc1ccc(Cl)cc1)Cc1cccc(F)c1. The first-order chi connectivity index (χ1) is 12.1. The maximum Gasteiger partial charge on any atom is 0.234 e. The lowest BCUT2D eigenvalue weighted by Crippen LogP contribution is -2.38. The molecule has 0 aromatic heterocycles. The van der Waals surface area contributed by atoms with Crippen molar-refractivity contribution in [3.63, 3.8) is 0 Å². The minimum absolute atomic E-state index is 0.0852. The van der Waals surface area contributed by atoms with Crippen LogP contribution in [0.1, 0.15) is 12.5 Å². The number of rotatable bonds is 9. The Labute approximate surface area is 152 Å². The van der Waals surface area contributed by atoms with Crippen LogP contribution in [0.15, 0.2) is 48.5 Å². The van der Waals surface area contributed by atoms with Crippen LogP contribution in [-0.4, -0.2) is 37.0 Å². The van der Waals surface area contributed by atoms with E-state index in [0.29, 0.717) is 37.0 Å². The quantitative estimate of drug-likeness (QED) is 0.692. The number of hydrogen-bond donors (Lipinski definition) is 1. The summed E-state index contributed by atoms with van der Waals surface area (Å²) in [6, 6.07) is 13.5. The fourth-order valence-electron chi connectivity index (χ4n) is 2.32. The second kappa shape index (κ2) is 10.0. The summed E-state index contributed by atoms with van der Waals surface area (Å²) in [6.07, 6.45) is 0. The molecule has 0 atom stereocenters. The molecule has 0 aliphatic rings. The van der Waals surface area contributed by atoms with Gasteiger partial charge in [-0.2, -0.15) is 0 Å². The maximum absolute atomic E-state index is 13.2. The number of benzene rings is 2. The molecule has 0 aliphatic heterocycles. The first kappa shape index (κ1) is 19.2. The van der Waals surface area contributed by atoms with E-state index >= 15 is 0 Å². The smallest absolute Gasteiger partial charge is 0.234 e. The Morgan fingerprint density at radius 2 is 2.00 bits per heavy atom. The summed E-state index contributed by atoms with van der Waals surface area (Å²) in [6.45, 7) is 4.25. The summed E-state index contributed by atoms with van der Waals surface area (Å²) in [5.41, 5.74) is 0.848. The molecular weight excluding hydrogens is 343 g/mol. The lowest BCUT2D eigenvalue weighted by atomic mass is 10.2. The van der Waals surface area contributed by atoms with Crippen molar-refractivity contribution in [1.82, 2.24) is 10.2 Å². The zero-order valence-corrected chi connectivity index (χ0v) is 14.9. The van der Waals surface area contributed by atoms with E-state index in [1.165, 1.54) is 12.1 Å². The van der Waals surface area contributed by atoms with Crippen molar-refractivity contribution >= 4 is 17.5 Å². The van der Waals surface area contributed by atoms with Crippen molar-refractivity contribution in [3.05, 3.63) is 64.9 Å². The second-order valence-corrected chi connectivity index (χ2v) is 6.02. The maximum atomic E-state index is 13.2. The fourth-order valence-corrected chi connectivity index (χ4v) is 2.45. The number of hydrogen-bond acceptors (Lipinski definition) is 3. The average Bonchev–Trinajstić information content (AvgIpc) is 2.59. The number of carbonyl (C=O) groups excluding carboxylic acids is 1. The van der Waals surface area contributed by atoms with Crippen molar-refractivity contribution in [2.75, 3.05) is 26.2 Å². The summed E-state index contributed by atoms with van der Waals surface area (Å²) in [7, 11) is 0. The molecule has 0 fully saturated rings. The minimum atomic E-state index is -0.266. The van der Waals surface area contributed by atoms with Crippen LogP contribution < -0.4 is 10.1 Å². The number of carbonyl (C=O) groups is 1. The van der Waals surface area contributed by atoms with Gasteiger partial charge in [0, 0.05) is 11.6 Å². The van der Waals surface area contributed by atoms with Gasteiger partial charge in [-0.1, -0.05) is 30.7 Å². The van der Waals surface area contributed by atoms with Crippen molar-refractivity contribution < 1.29 is 13.9 Å². The molecule has 25 heavy (non-hydrogen) atoms. The highest BCUT2D eigenvalue weighted by molar-refractivity contribution is 6.30. The van der Waals surface area contributed by atoms with Crippen molar-refractivity contribution in [1.29, 1.82) is 0 Å². The minimum Gasteiger partial charge on any atom is -0.492 e. The molecule has 0 unspecified atom stereocenters. The van der Waals surface area contributed by atoms with E-state index in [1.807, 2.05) is 17.9 Å². The van der Waals surface area contributed by atoms with Gasteiger partial charge in [-0.3, -0.25) is 9.69 Å². The third kappa shape index (κ3) is 7.11. The molecule has 0 radical (unpaired) electrons. The van der Waals surface area contributed by atoms with E-state index in [9.17, 15) is 9.18 Å². The van der Waals surface area contributed by atoms with Crippen LogP contribution in [0.4, 0.5) is 4.39 Å². The van der Waals surface area contributed by atoms with Gasteiger partial charge in [0.05, 0.1) is 13.1 Å². The van der Waals surface area contributed by atoms with Gasteiger partial charge in [-0.15, -0.1) is 0 Å². The highest BCUT2D eigenvalue weighted by Gasteiger charge is 2.10. The summed E-state index contributed by atoms with van der Waals surface area (Å²) in [5, 5.41) is 3.47. The summed E-state index contributed by atoms with van der Waals surface area (Å²) in [5.74, 6) is 0.357. The zero-order chi connectivity index (χ0) is 18.1. The van der Waals surface area contributed by atoms with Gasteiger partial charge >= 0.3 is 0 Å². The molecule has 2 aromatic rings. The Morgan fingerprint density at radius 3 is 2.68 bits per heavy atom. The monoisotopic (exact) mass is 364 g/mol. The molecule has 2 aromatic carbocycles. The van der Waals surface area contributed by atoms with Crippen LogP contribution in [0.3, 0.4) is 0 Å². The lowest BCUT2D eigenvalue weighted by Gasteiger charge is -2.20. The predicted octanol–water partition coefficient (Wildman–Crippen LogP) is 3.50. The molecule has 2 rings (SSSR count). The Morgan fingerprint density at radius 1 is 1.24 bits per heavy atom. The number of likely N-dealkylation sites (N-methyl/N-ethyl adjacent to an activating group) is 1. The Bertz CT molecular complexity index is 679. The van der Waals surface area contributed by atoms with E-state index in [4.69, 9.17) is 16.3 Å². The Kier molecular flexibility index (Phi) is 7.70. The van der Waals surface area contributed by atoms with E-state index in [2.05, 4.69) is 5.32 Å². The topological polar surface area (TPSA) is 41.6 Å². The lowest BCUT2D eigenvalue weighted by molar-refractivity contribution is -0.122. The largest absolute Gasteiger partial charge is 0.492 e. The first-order valence-electron chi connectivity index (χ1n) is 8.18. The van der Waals surface area contributed by atoms with E-state index in [-0.39, 0.29) is 18.3 Å². The first-order valence-corrected chi connectivity index (χ1v) is 8.56. The van der Waals surface area contributed by atoms with Crippen molar-refractivity contribution in [2.24, 2.45) is 0 Å². The number of ether oxygens (including phenoxy) is 1. The predicted molar refractivity (Wildman–Crippen MR) is 97.3 cm³/mol. The van der Waals surface area contributed by atoms with Crippen LogP contribution in [0.25, 0.3) is 0 Å². The number of nitrogens with zero attached hydrogens (tertiary/aromatic N) is 1. The van der Waals surface area contributed by atoms with Gasteiger partial charge < -0.3 is 10.1 Å². The number of nitrogens with one attached hydrogen (secondary N) is 1. The molecule has 0 saturated carbocycles. The second-order valence-electron chi connectivity index (χ2n) is 5.59. The molecule has 6 heteroatoms. The Balaban J connectivity index is 1.69. The average molecular weight is 365 g/mol. The molecule has 134 valence electrons. The van der Waals surface area contributed by atoms with Crippen LogP contribution in [0, 0.1) is 5.82 Å². The van der Waals surface area contributed by atoms with Crippen LogP contribution in [-0.2, 0) is 11.3 Å². The highest BCUT2D eigenvalue weighted by atomic mass is 35.5. The third-order valence-corrected chi connectivity index (χ3v) is 3.87.